The maximum Gasteiger partial charge on any atom is 0.183 e. The second kappa shape index (κ2) is 10.3. The molecule has 0 spiro atoms. The van der Waals surface area contributed by atoms with E-state index < -0.39 is 7.14 Å². The van der Waals surface area contributed by atoms with Gasteiger partial charge in [0.05, 0.1) is 67.1 Å². The molecule has 3 heterocycles. The predicted molar refractivity (Wildman–Crippen MR) is 206 cm³/mol. The molecule has 0 fully saturated rings. The molecule has 230 valence electrons. The zero-order valence-corrected chi connectivity index (χ0v) is 27.5. The van der Waals surface area contributed by atoms with Crippen molar-refractivity contribution in [3.63, 3.8) is 0 Å². The van der Waals surface area contributed by atoms with Crippen LogP contribution in [0.4, 0.5) is 51.2 Å². The molecule has 0 amide bonds. The average Bonchev–Trinajstić information content (AvgIpc) is 3.12. The van der Waals surface area contributed by atoms with Crippen molar-refractivity contribution in [2.45, 2.75) is 6.92 Å². The lowest BCUT2D eigenvalue weighted by Gasteiger charge is -2.50. The molecule has 48 heavy (non-hydrogen) atoms. The maximum absolute atomic E-state index is 16.7. The van der Waals surface area contributed by atoms with Crippen LogP contribution in [0.1, 0.15) is 22.3 Å². The number of aryl methyl sites for hydroxylation is 1. The van der Waals surface area contributed by atoms with Gasteiger partial charge in [0.15, 0.2) is 7.14 Å². The molecular formula is C43H32N3OP. The summed E-state index contributed by atoms with van der Waals surface area (Å²) in [6.07, 6.45) is 5.71. The Hall–Kier alpha value is -5.83. The van der Waals surface area contributed by atoms with Crippen LogP contribution < -0.4 is 30.6 Å². The smallest absolute Gasteiger partial charge is 0.183 e. The zero-order chi connectivity index (χ0) is 32.7. The lowest BCUT2D eigenvalue weighted by Crippen LogP contribution is -2.47. The Morgan fingerprint density at radius 3 is 1.17 bits per heavy atom. The summed E-state index contributed by atoms with van der Waals surface area (Å²) in [5.41, 5.74) is 12.6. The largest absolute Gasteiger partial charge is 0.308 e. The number of nitrogens with zero attached hydrogens (tertiary/aromatic N) is 3. The quantitative estimate of drug-likeness (QED) is 0.170. The Bertz CT molecular complexity index is 2310. The fourth-order valence-corrected chi connectivity index (χ4v) is 11.6. The first-order chi connectivity index (χ1) is 23.5. The van der Waals surface area contributed by atoms with Gasteiger partial charge >= 0.3 is 0 Å². The lowest BCUT2D eigenvalue weighted by atomic mass is 10.0. The van der Waals surface area contributed by atoms with E-state index in [0.717, 1.165) is 89.4 Å². The molecule has 6 aromatic rings. The molecule has 0 N–H and O–H groups in total. The molecule has 0 saturated carbocycles. The number of rotatable bonds is 6. The van der Waals surface area contributed by atoms with E-state index in [2.05, 4.69) is 151 Å². The predicted octanol–water partition coefficient (Wildman–Crippen LogP) is 10.9. The molecule has 4 nitrogen and oxygen atoms in total. The Morgan fingerprint density at radius 2 is 0.771 bits per heavy atom. The zero-order valence-electron chi connectivity index (χ0n) is 26.6. The van der Waals surface area contributed by atoms with Gasteiger partial charge in [0, 0.05) is 5.56 Å². The van der Waals surface area contributed by atoms with E-state index in [9.17, 15) is 0 Å². The van der Waals surface area contributed by atoms with E-state index in [4.69, 9.17) is 0 Å². The Labute approximate surface area is 281 Å². The van der Waals surface area contributed by atoms with Crippen LogP contribution in [0.2, 0.25) is 0 Å². The van der Waals surface area contributed by atoms with Gasteiger partial charge in [0.1, 0.15) is 0 Å². The fourth-order valence-electron chi connectivity index (χ4n) is 7.97. The summed E-state index contributed by atoms with van der Waals surface area (Å²) in [6, 6.07) is 41.8. The van der Waals surface area contributed by atoms with Crippen molar-refractivity contribution in [1.29, 1.82) is 0 Å². The lowest BCUT2D eigenvalue weighted by molar-refractivity contribution is 0.592. The monoisotopic (exact) mass is 637 g/mol. The van der Waals surface area contributed by atoms with Crippen LogP contribution in [-0.2, 0) is 4.57 Å². The summed E-state index contributed by atoms with van der Waals surface area (Å²) >= 11 is 0. The van der Waals surface area contributed by atoms with Gasteiger partial charge in [-0.1, -0.05) is 105 Å². The van der Waals surface area contributed by atoms with Gasteiger partial charge in [0.25, 0.3) is 0 Å². The summed E-state index contributed by atoms with van der Waals surface area (Å²) in [7, 11) is -3.44. The number of hydrogen-bond acceptors (Lipinski definition) is 4. The van der Waals surface area contributed by atoms with Gasteiger partial charge < -0.3 is 19.3 Å². The number of anilines is 9. The summed E-state index contributed by atoms with van der Waals surface area (Å²) < 4.78 is 16.7. The molecule has 0 radical (unpaired) electrons. The Morgan fingerprint density at radius 1 is 0.438 bits per heavy atom. The normalized spacial score (nSPS) is 14.3. The second-order valence-electron chi connectivity index (χ2n) is 12.3. The Balaban J connectivity index is 1.49. The van der Waals surface area contributed by atoms with E-state index >= 15 is 4.57 Å². The van der Waals surface area contributed by atoms with Crippen LogP contribution in [-0.4, -0.2) is 0 Å². The first-order valence-electron chi connectivity index (χ1n) is 16.1. The minimum atomic E-state index is -3.44. The molecule has 9 rings (SSSR count). The third kappa shape index (κ3) is 3.53. The van der Waals surface area contributed by atoms with E-state index in [1.165, 1.54) is 0 Å². The summed E-state index contributed by atoms with van der Waals surface area (Å²) in [5, 5.41) is 2.53. The highest BCUT2D eigenvalue weighted by Crippen LogP contribution is 2.67. The third-order valence-electron chi connectivity index (χ3n) is 9.91. The average molecular weight is 638 g/mol. The van der Waals surface area contributed by atoms with Gasteiger partial charge in [-0.15, -0.1) is 0 Å². The van der Waals surface area contributed by atoms with Crippen molar-refractivity contribution in [1.82, 2.24) is 0 Å². The highest BCUT2D eigenvalue weighted by Gasteiger charge is 2.54. The summed E-state index contributed by atoms with van der Waals surface area (Å²) in [6.45, 7) is 14.6. The Kier molecular flexibility index (Phi) is 6.12. The molecule has 3 aliphatic rings. The van der Waals surface area contributed by atoms with Crippen molar-refractivity contribution in [2.75, 3.05) is 14.7 Å². The van der Waals surface area contributed by atoms with Crippen molar-refractivity contribution >= 4 is 92.5 Å². The molecule has 0 bridgehead atoms. The second-order valence-corrected chi connectivity index (χ2v) is 14.8. The minimum Gasteiger partial charge on any atom is -0.308 e. The van der Waals surface area contributed by atoms with Crippen molar-refractivity contribution in [3.05, 3.63) is 163 Å². The van der Waals surface area contributed by atoms with E-state index in [1.54, 1.807) is 0 Å². The number of benzene rings is 6. The molecule has 3 aliphatic heterocycles. The number of hydrogen-bond donors (Lipinski definition) is 0. The molecular weight excluding hydrogens is 605 g/mol. The van der Waals surface area contributed by atoms with Crippen LogP contribution in [0.5, 0.6) is 0 Å². The molecule has 0 aliphatic carbocycles. The first-order valence-corrected chi connectivity index (χ1v) is 17.8. The molecule has 6 aromatic carbocycles. The summed E-state index contributed by atoms with van der Waals surface area (Å²) in [4.78, 5) is 6.86. The van der Waals surface area contributed by atoms with Crippen molar-refractivity contribution in [2.24, 2.45) is 0 Å². The maximum atomic E-state index is 16.7. The van der Waals surface area contributed by atoms with E-state index in [-0.39, 0.29) is 0 Å². The first kappa shape index (κ1) is 28.4. The van der Waals surface area contributed by atoms with Gasteiger partial charge in [0.2, 0.25) is 0 Å². The molecule has 0 unspecified atom stereocenters. The highest BCUT2D eigenvalue weighted by molar-refractivity contribution is 7.87. The van der Waals surface area contributed by atoms with Gasteiger partial charge in [-0.25, -0.2) is 0 Å². The molecule has 5 heteroatoms. The summed E-state index contributed by atoms with van der Waals surface area (Å²) in [5.74, 6) is 0. The van der Waals surface area contributed by atoms with Crippen LogP contribution >= 0.6 is 7.14 Å². The van der Waals surface area contributed by atoms with Crippen LogP contribution in [0.3, 0.4) is 0 Å². The standard InChI is InChI=1S/C43H32N3OP/c1-5-29-17-8-10-19-32(29)44-35-22-13-23-36-41(35)48(47)42-37(44)24-14-26-39(42)46(34-21-12-16-28(4)31(34)7-3)40-27-15-25-38(43(40)48)45(36)33-20-11-9-18-30(33)6-2/h5-27H,1-3H2,4H3. The third-order valence-corrected chi connectivity index (χ3v) is 13.2. The van der Waals surface area contributed by atoms with Crippen LogP contribution in [0, 0.1) is 6.92 Å². The topological polar surface area (TPSA) is 26.8 Å². The molecule has 0 aromatic heterocycles. The van der Waals surface area contributed by atoms with Gasteiger partial charge in [-0.2, -0.15) is 0 Å². The van der Waals surface area contributed by atoms with Crippen LogP contribution in [0.25, 0.3) is 18.2 Å². The molecule has 0 atom stereocenters. The fraction of sp³-hybridized carbons (Fsp3) is 0.0233. The van der Waals surface area contributed by atoms with Gasteiger partial charge in [-0.05, 0) is 78.2 Å². The molecule has 0 saturated heterocycles. The van der Waals surface area contributed by atoms with Gasteiger partial charge in [-0.3, -0.25) is 0 Å². The number of para-hydroxylation sites is 2. The van der Waals surface area contributed by atoms with Crippen molar-refractivity contribution in [3.8, 4) is 0 Å². The SMILES string of the molecule is C=Cc1ccccc1N1c2cccc3c2P2(=O)c4c1cccc4N(c1cccc(C)c1C=C)c1cccc(c12)N3c1ccccc1C=C. The highest BCUT2D eigenvalue weighted by atomic mass is 31.2. The van der Waals surface area contributed by atoms with Crippen LogP contribution in [0.15, 0.2) is 141 Å². The van der Waals surface area contributed by atoms with E-state index in [1.807, 2.05) is 30.4 Å². The van der Waals surface area contributed by atoms with Crippen molar-refractivity contribution < 1.29 is 4.57 Å². The minimum absolute atomic E-state index is 0.843. The van der Waals surface area contributed by atoms with E-state index in [0.29, 0.717) is 0 Å².